The Labute approximate surface area is 224 Å². The standard InChI is InChI=1S/C22H17ClF6N8O3/c23-13-5-3-12(4-6-13)18-34-36(20(40)35(18)8-15(38)22(27,28)29)9-16-32-11-37(33-16)14-2-1-7-30-17(14)19(39)31-10-21(24,25)26/h1-7,11,15,38H,8-10H2,(H,31,39)/t15-/m1/s1. The zero-order valence-electron chi connectivity index (χ0n) is 19.9. The Balaban J connectivity index is 1.65. The minimum Gasteiger partial charge on any atom is -0.382 e. The van der Waals surface area contributed by atoms with E-state index < -0.39 is 55.4 Å². The van der Waals surface area contributed by atoms with Crippen LogP contribution in [-0.2, 0) is 13.1 Å². The molecule has 18 heteroatoms. The summed E-state index contributed by atoms with van der Waals surface area (Å²) in [6.45, 7) is -3.18. The Morgan fingerprint density at radius 1 is 1.05 bits per heavy atom. The number of pyridine rings is 1. The molecule has 1 amide bonds. The van der Waals surface area contributed by atoms with Gasteiger partial charge in [0, 0.05) is 16.8 Å². The Morgan fingerprint density at radius 3 is 2.40 bits per heavy atom. The lowest BCUT2D eigenvalue weighted by Crippen LogP contribution is -2.37. The molecule has 0 aliphatic heterocycles. The highest BCUT2D eigenvalue weighted by atomic mass is 35.5. The Bertz CT molecular complexity index is 1560. The van der Waals surface area contributed by atoms with Crippen LogP contribution in [0.5, 0.6) is 0 Å². The topological polar surface area (TPSA) is 133 Å². The maximum absolute atomic E-state index is 13.0. The van der Waals surface area contributed by atoms with Crippen LogP contribution in [-0.4, -0.2) is 70.1 Å². The van der Waals surface area contributed by atoms with Gasteiger partial charge in [-0.3, -0.25) is 9.36 Å². The van der Waals surface area contributed by atoms with Gasteiger partial charge in [0.2, 0.25) is 0 Å². The van der Waals surface area contributed by atoms with Gasteiger partial charge in [-0.05, 0) is 36.4 Å². The van der Waals surface area contributed by atoms with Crippen molar-refractivity contribution in [3.8, 4) is 17.1 Å². The summed E-state index contributed by atoms with van der Waals surface area (Å²) in [7, 11) is 0. The molecule has 2 N–H and O–H groups in total. The van der Waals surface area contributed by atoms with Crippen molar-refractivity contribution in [3.05, 3.63) is 75.9 Å². The second-order valence-electron chi connectivity index (χ2n) is 8.21. The largest absolute Gasteiger partial charge is 0.416 e. The fraction of sp³-hybridized carbons (Fsp3) is 0.273. The molecule has 212 valence electrons. The number of nitrogens with one attached hydrogen (secondary N) is 1. The summed E-state index contributed by atoms with van der Waals surface area (Å²) >= 11 is 5.87. The minimum absolute atomic E-state index is 0.0334. The maximum Gasteiger partial charge on any atom is 0.416 e. The zero-order valence-corrected chi connectivity index (χ0v) is 20.6. The number of rotatable bonds is 8. The summed E-state index contributed by atoms with van der Waals surface area (Å²) in [5.41, 5.74) is -1.21. The highest BCUT2D eigenvalue weighted by Crippen LogP contribution is 2.24. The Morgan fingerprint density at radius 2 is 1.75 bits per heavy atom. The van der Waals surface area contributed by atoms with E-state index in [-0.39, 0.29) is 22.9 Å². The molecule has 4 rings (SSSR count). The van der Waals surface area contributed by atoms with E-state index in [1.54, 1.807) is 5.32 Å². The number of halogens is 7. The van der Waals surface area contributed by atoms with E-state index in [1.807, 2.05) is 0 Å². The van der Waals surface area contributed by atoms with Gasteiger partial charge in [-0.1, -0.05) is 11.6 Å². The molecule has 3 heterocycles. The summed E-state index contributed by atoms with van der Waals surface area (Å²) in [6, 6.07) is 8.45. The van der Waals surface area contributed by atoms with E-state index in [4.69, 9.17) is 11.6 Å². The van der Waals surface area contributed by atoms with Gasteiger partial charge in [0.25, 0.3) is 5.91 Å². The third-order valence-electron chi connectivity index (χ3n) is 5.29. The van der Waals surface area contributed by atoms with Crippen LogP contribution in [0, 0.1) is 0 Å². The molecule has 0 saturated heterocycles. The lowest BCUT2D eigenvalue weighted by atomic mass is 10.2. The van der Waals surface area contributed by atoms with Gasteiger partial charge in [-0.2, -0.15) is 26.3 Å². The van der Waals surface area contributed by atoms with Crippen molar-refractivity contribution in [1.29, 1.82) is 0 Å². The molecule has 0 bridgehead atoms. The lowest BCUT2D eigenvalue weighted by molar-refractivity contribution is -0.207. The normalized spacial score (nSPS) is 12.9. The number of carbonyl (C=O) groups excluding carboxylic acids is 1. The number of nitrogens with zero attached hydrogens (tertiary/aromatic N) is 7. The van der Waals surface area contributed by atoms with Crippen LogP contribution in [0.2, 0.25) is 5.02 Å². The van der Waals surface area contributed by atoms with E-state index in [1.165, 1.54) is 42.6 Å². The van der Waals surface area contributed by atoms with Crippen molar-refractivity contribution in [1.82, 2.24) is 39.4 Å². The smallest absolute Gasteiger partial charge is 0.382 e. The lowest BCUT2D eigenvalue weighted by Gasteiger charge is -2.15. The molecule has 0 aliphatic rings. The molecule has 11 nitrogen and oxygen atoms in total. The summed E-state index contributed by atoms with van der Waals surface area (Å²) < 4.78 is 79.1. The van der Waals surface area contributed by atoms with Crippen molar-refractivity contribution in [2.75, 3.05) is 6.54 Å². The first-order chi connectivity index (χ1) is 18.7. The monoisotopic (exact) mass is 590 g/mol. The molecular weight excluding hydrogens is 574 g/mol. The van der Waals surface area contributed by atoms with Gasteiger partial charge in [0.1, 0.15) is 19.4 Å². The van der Waals surface area contributed by atoms with Crippen molar-refractivity contribution in [2.24, 2.45) is 0 Å². The van der Waals surface area contributed by atoms with Gasteiger partial charge < -0.3 is 10.4 Å². The van der Waals surface area contributed by atoms with E-state index >= 15 is 0 Å². The third-order valence-corrected chi connectivity index (χ3v) is 5.54. The van der Waals surface area contributed by atoms with Crippen molar-refractivity contribution in [3.63, 3.8) is 0 Å². The van der Waals surface area contributed by atoms with Crippen LogP contribution >= 0.6 is 11.6 Å². The van der Waals surface area contributed by atoms with Gasteiger partial charge in [-0.25, -0.2) is 24.1 Å². The molecule has 0 radical (unpaired) electrons. The molecule has 1 atom stereocenters. The van der Waals surface area contributed by atoms with E-state index in [9.17, 15) is 41.0 Å². The van der Waals surface area contributed by atoms with Crippen molar-refractivity contribution >= 4 is 17.5 Å². The average molecular weight is 591 g/mol. The first kappa shape index (κ1) is 28.8. The van der Waals surface area contributed by atoms with Crippen LogP contribution in [0.3, 0.4) is 0 Å². The second kappa shape index (κ2) is 11.1. The number of amides is 1. The SMILES string of the molecule is O=C(NCC(F)(F)F)c1ncccc1-n1cnc(Cn2nc(-c3ccc(Cl)cc3)n(C[C@@H](O)C(F)(F)F)c2=O)n1. The number of carbonyl (C=O) groups is 1. The first-order valence-corrected chi connectivity index (χ1v) is 11.5. The number of aliphatic hydroxyl groups is 1. The number of aromatic nitrogens is 7. The third kappa shape index (κ3) is 6.66. The highest BCUT2D eigenvalue weighted by Gasteiger charge is 2.39. The van der Waals surface area contributed by atoms with Crippen LogP contribution in [0.1, 0.15) is 16.3 Å². The Hall–Kier alpha value is -4.25. The van der Waals surface area contributed by atoms with Crippen LogP contribution < -0.4 is 11.0 Å². The first-order valence-electron chi connectivity index (χ1n) is 11.1. The fourth-order valence-electron chi connectivity index (χ4n) is 3.44. The van der Waals surface area contributed by atoms with Crippen molar-refractivity contribution < 1.29 is 36.2 Å². The molecular formula is C22H17ClF6N8O3. The molecule has 0 spiro atoms. The molecule has 0 saturated carbocycles. The molecule has 0 aliphatic carbocycles. The van der Waals surface area contributed by atoms with Crippen LogP contribution in [0.4, 0.5) is 26.3 Å². The fourth-order valence-corrected chi connectivity index (χ4v) is 3.56. The van der Waals surface area contributed by atoms with Crippen LogP contribution in [0.25, 0.3) is 17.1 Å². The summed E-state index contributed by atoms with van der Waals surface area (Å²) in [5, 5.41) is 19.8. The number of hydrogen-bond donors (Lipinski definition) is 2. The quantitative estimate of drug-likeness (QED) is 0.302. The number of aliphatic hydroxyl groups excluding tert-OH is 1. The second-order valence-corrected chi connectivity index (χ2v) is 8.65. The average Bonchev–Trinajstić information content (AvgIpc) is 3.47. The minimum atomic E-state index is -5.01. The van der Waals surface area contributed by atoms with E-state index in [2.05, 4.69) is 20.2 Å². The summed E-state index contributed by atoms with van der Waals surface area (Å²) in [5.74, 6) is -1.41. The maximum atomic E-state index is 13.0. The summed E-state index contributed by atoms with van der Waals surface area (Å²) in [4.78, 5) is 33.1. The molecule has 0 unspecified atom stereocenters. The van der Waals surface area contributed by atoms with Crippen molar-refractivity contribution in [2.45, 2.75) is 31.5 Å². The van der Waals surface area contributed by atoms with Gasteiger partial charge in [0.05, 0.1) is 12.2 Å². The number of alkyl halides is 6. The zero-order chi connectivity index (χ0) is 29.2. The van der Waals surface area contributed by atoms with Gasteiger partial charge in [0.15, 0.2) is 23.4 Å². The summed E-state index contributed by atoms with van der Waals surface area (Å²) in [6.07, 6.45) is -10.2. The van der Waals surface area contributed by atoms with Gasteiger partial charge in [-0.15, -0.1) is 10.2 Å². The molecule has 40 heavy (non-hydrogen) atoms. The Kier molecular flexibility index (Phi) is 7.97. The molecule has 4 aromatic rings. The predicted octanol–water partition coefficient (Wildman–Crippen LogP) is 2.60. The molecule has 1 aromatic carbocycles. The van der Waals surface area contributed by atoms with Crippen LogP contribution in [0.15, 0.2) is 53.7 Å². The number of hydrogen-bond acceptors (Lipinski definition) is 7. The van der Waals surface area contributed by atoms with E-state index in [0.29, 0.717) is 9.59 Å². The predicted molar refractivity (Wildman–Crippen MR) is 126 cm³/mol. The van der Waals surface area contributed by atoms with Gasteiger partial charge >= 0.3 is 18.0 Å². The highest BCUT2D eigenvalue weighted by molar-refractivity contribution is 6.30. The molecule has 3 aromatic heterocycles. The van der Waals surface area contributed by atoms with E-state index in [0.717, 1.165) is 15.7 Å². The molecule has 0 fully saturated rings. The number of benzene rings is 1.